The maximum absolute atomic E-state index is 13.2. The van der Waals surface area contributed by atoms with Crippen LogP contribution in [0.25, 0.3) is 11.0 Å². The number of fused-ring (bicyclic) bond motifs is 1. The fraction of sp³-hybridized carbons (Fsp3) is 0.200. The second kappa shape index (κ2) is 7.94. The van der Waals surface area contributed by atoms with Gasteiger partial charge in [-0.05, 0) is 18.2 Å². The normalized spacial score (nSPS) is 15.6. The zero-order valence-electron chi connectivity index (χ0n) is 16.2. The third-order valence-corrected chi connectivity index (χ3v) is 4.67. The van der Waals surface area contributed by atoms with Crippen LogP contribution in [0.4, 0.5) is 10.1 Å². The lowest BCUT2D eigenvalue weighted by atomic mass is 10.2. The molecule has 31 heavy (non-hydrogen) atoms. The van der Waals surface area contributed by atoms with Crippen LogP contribution in [0, 0.1) is 15.9 Å². The summed E-state index contributed by atoms with van der Waals surface area (Å²) in [6, 6.07) is 9.57. The molecule has 0 saturated carbocycles. The zero-order valence-corrected chi connectivity index (χ0v) is 16.2. The van der Waals surface area contributed by atoms with Gasteiger partial charge in [0.2, 0.25) is 18.0 Å². The average Bonchev–Trinajstić information content (AvgIpc) is 3.36. The van der Waals surface area contributed by atoms with Crippen molar-refractivity contribution in [2.24, 2.45) is 5.10 Å². The van der Waals surface area contributed by atoms with E-state index in [1.165, 1.54) is 49.4 Å². The lowest BCUT2D eigenvalue weighted by molar-refractivity contribution is -0.384. The minimum atomic E-state index is -0.838. The van der Waals surface area contributed by atoms with Crippen molar-refractivity contribution in [2.45, 2.75) is 26.0 Å². The Morgan fingerprint density at radius 2 is 2.00 bits per heavy atom. The molecule has 0 saturated heterocycles. The number of ketones is 1. The predicted molar refractivity (Wildman–Crippen MR) is 106 cm³/mol. The van der Waals surface area contributed by atoms with Gasteiger partial charge in [0.1, 0.15) is 5.82 Å². The number of carbonyl (C=O) groups excluding carboxylic acids is 2. The van der Waals surface area contributed by atoms with E-state index in [-0.39, 0.29) is 41.9 Å². The Kier molecular flexibility index (Phi) is 5.15. The molecule has 1 unspecified atom stereocenters. The number of ether oxygens (including phenoxy) is 1. The largest absolute Gasteiger partial charge is 0.449 e. The first-order valence-electron chi connectivity index (χ1n) is 9.28. The minimum absolute atomic E-state index is 0.0113. The van der Waals surface area contributed by atoms with Gasteiger partial charge in [-0.2, -0.15) is 5.01 Å². The van der Waals surface area contributed by atoms with E-state index in [0.29, 0.717) is 16.6 Å². The van der Waals surface area contributed by atoms with Crippen molar-refractivity contribution in [3.05, 3.63) is 69.8 Å². The van der Waals surface area contributed by atoms with E-state index in [1.807, 2.05) is 0 Å². The number of hydrogen-bond donors (Lipinski definition) is 1. The number of hydrogen-bond acceptors (Lipinski definition) is 7. The van der Waals surface area contributed by atoms with Crippen molar-refractivity contribution in [3.63, 3.8) is 0 Å². The molecule has 0 spiro atoms. The summed E-state index contributed by atoms with van der Waals surface area (Å²) in [5, 5.41) is 16.2. The summed E-state index contributed by atoms with van der Waals surface area (Å²) in [5.41, 5.74) is 1.24. The van der Waals surface area contributed by atoms with E-state index in [1.54, 1.807) is 0 Å². The Morgan fingerprint density at radius 3 is 2.68 bits per heavy atom. The van der Waals surface area contributed by atoms with E-state index in [4.69, 9.17) is 4.74 Å². The molecule has 1 atom stereocenters. The maximum atomic E-state index is 13.2. The highest BCUT2D eigenvalue weighted by Crippen LogP contribution is 2.29. The standard InChI is InChI=1S/C20H16FN5O5/c1-11(27)25-20(12-2-4-13(21)5-3-12)31-18(24-25)9-8-17(28)19-22-15-7-6-14(26(29)30)10-16(15)23-19/h2-7,10,20H,8-9H2,1H3,(H,22,23). The van der Waals surface area contributed by atoms with Crippen LogP contribution >= 0.6 is 0 Å². The van der Waals surface area contributed by atoms with E-state index < -0.39 is 17.0 Å². The summed E-state index contributed by atoms with van der Waals surface area (Å²) in [5.74, 6) is -0.879. The van der Waals surface area contributed by atoms with Crippen LogP contribution in [0.2, 0.25) is 0 Å². The van der Waals surface area contributed by atoms with Gasteiger partial charge >= 0.3 is 0 Å². The lowest BCUT2D eigenvalue weighted by Crippen LogP contribution is -2.25. The molecule has 1 aliphatic heterocycles. The quantitative estimate of drug-likeness (QED) is 0.366. The highest BCUT2D eigenvalue weighted by atomic mass is 19.1. The maximum Gasteiger partial charge on any atom is 0.271 e. The van der Waals surface area contributed by atoms with Crippen LogP contribution in [0.15, 0.2) is 47.6 Å². The molecule has 1 aromatic heterocycles. The van der Waals surface area contributed by atoms with Crippen molar-refractivity contribution in [2.75, 3.05) is 0 Å². The highest BCUT2D eigenvalue weighted by molar-refractivity contribution is 5.98. The van der Waals surface area contributed by atoms with Crippen LogP contribution in [-0.2, 0) is 9.53 Å². The lowest BCUT2D eigenvalue weighted by Gasteiger charge is -2.19. The van der Waals surface area contributed by atoms with Crippen molar-refractivity contribution in [3.8, 4) is 0 Å². The predicted octanol–water partition coefficient (Wildman–Crippen LogP) is 3.46. The van der Waals surface area contributed by atoms with Gasteiger partial charge in [0.15, 0.2) is 11.6 Å². The Labute approximate surface area is 174 Å². The summed E-state index contributed by atoms with van der Waals surface area (Å²) in [7, 11) is 0. The smallest absolute Gasteiger partial charge is 0.271 e. The summed E-state index contributed by atoms with van der Waals surface area (Å²) in [4.78, 5) is 41.7. The van der Waals surface area contributed by atoms with Gasteiger partial charge in [0, 0.05) is 37.5 Å². The number of hydrazone groups is 1. The van der Waals surface area contributed by atoms with Gasteiger partial charge in [-0.15, -0.1) is 5.10 Å². The fourth-order valence-electron chi connectivity index (χ4n) is 3.14. The molecule has 1 amide bonds. The van der Waals surface area contributed by atoms with Crippen LogP contribution < -0.4 is 0 Å². The third kappa shape index (κ3) is 4.10. The SMILES string of the molecule is CC(=O)N1N=C(CCC(=O)c2nc3ccc([N+](=O)[O-])cc3[nH]2)OC1c1ccc(F)cc1. The molecular formula is C20H16FN5O5. The summed E-state index contributed by atoms with van der Waals surface area (Å²) < 4.78 is 18.9. The molecule has 0 radical (unpaired) electrons. The minimum Gasteiger partial charge on any atom is -0.449 e. The Balaban J connectivity index is 1.45. The summed E-state index contributed by atoms with van der Waals surface area (Å²) >= 11 is 0. The van der Waals surface area contributed by atoms with Gasteiger partial charge < -0.3 is 9.72 Å². The molecule has 1 N–H and O–H groups in total. The number of H-pyrrole nitrogens is 1. The number of nitrogens with zero attached hydrogens (tertiary/aromatic N) is 4. The molecular weight excluding hydrogens is 409 g/mol. The van der Waals surface area contributed by atoms with Gasteiger partial charge in [-0.1, -0.05) is 12.1 Å². The molecule has 0 bridgehead atoms. The summed E-state index contributed by atoms with van der Waals surface area (Å²) in [6.07, 6.45) is -0.741. The van der Waals surface area contributed by atoms with Crippen LogP contribution in [0.1, 0.15) is 42.2 Å². The van der Waals surface area contributed by atoms with Crippen LogP contribution in [0.3, 0.4) is 0 Å². The number of Topliss-reactive ketones (excluding diaryl/α,β-unsaturated/α-hetero) is 1. The zero-order chi connectivity index (χ0) is 22.1. The van der Waals surface area contributed by atoms with Crippen molar-refractivity contribution in [1.29, 1.82) is 0 Å². The molecule has 4 rings (SSSR count). The second-order valence-electron chi connectivity index (χ2n) is 6.85. The number of nitro groups is 1. The first-order valence-corrected chi connectivity index (χ1v) is 9.28. The number of carbonyl (C=O) groups is 2. The molecule has 3 aromatic rings. The number of aromatic amines is 1. The topological polar surface area (TPSA) is 131 Å². The van der Waals surface area contributed by atoms with Crippen LogP contribution in [-0.4, -0.2) is 37.5 Å². The van der Waals surface area contributed by atoms with Gasteiger partial charge in [0.25, 0.3) is 5.69 Å². The molecule has 0 fully saturated rings. The van der Waals surface area contributed by atoms with Crippen molar-refractivity contribution >= 4 is 34.3 Å². The van der Waals surface area contributed by atoms with Crippen LogP contribution in [0.5, 0.6) is 0 Å². The number of rotatable bonds is 6. The Morgan fingerprint density at radius 1 is 1.26 bits per heavy atom. The first-order chi connectivity index (χ1) is 14.8. The number of aromatic nitrogens is 2. The molecule has 10 nitrogen and oxygen atoms in total. The van der Waals surface area contributed by atoms with Gasteiger partial charge in [-0.3, -0.25) is 19.7 Å². The molecule has 0 aliphatic carbocycles. The van der Waals surface area contributed by atoms with E-state index in [0.717, 1.165) is 5.01 Å². The monoisotopic (exact) mass is 425 g/mol. The van der Waals surface area contributed by atoms with Crippen molar-refractivity contribution < 1.29 is 23.6 Å². The van der Waals surface area contributed by atoms with E-state index in [2.05, 4.69) is 15.1 Å². The number of halogens is 1. The molecule has 158 valence electrons. The van der Waals surface area contributed by atoms with Gasteiger partial charge in [-0.25, -0.2) is 9.37 Å². The first kappa shape index (κ1) is 20.1. The number of amides is 1. The van der Waals surface area contributed by atoms with Crippen molar-refractivity contribution in [1.82, 2.24) is 15.0 Å². The highest BCUT2D eigenvalue weighted by Gasteiger charge is 2.32. The Bertz CT molecular complexity index is 1220. The molecule has 2 heterocycles. The fourth-order valence-corrected chi connectivity index (χ4v) is 3.14. The number of imidazole rings is 1. The Hall–Kier alpha value is -4.15. The summed E-state index contributed by atoms with van der Waals surface area (Å²) in [6.45, 7) is 1.32. The second-order valence-corrected chi connectivity index (χ2v) is 6.85. The number of non-ortho nitro benzene ring substituents is 1. The average molecular weight is 425 g/mol. The van der Waals surface area contributed by atoms with E-state index >= 15 is 0 Å². The van der Waals surface area contributed by atoms with Gasteiger partial charge in [0.05, 0.1) is 16.0 Å². The molecule has 2 aromatic carbocycles. The molecule has 1 aliphatic rings. The number of benzene rings is 2. The third-order valence-electron chi connectivity index (χ3n) is 4.67. The number of nitro benzene ring substituents is 1. The molecule has 11 heteroatoms. The number of nitrogens with one attached hydrogen (secondary N) is 1. The van der Waals surface area contributed by atoms with E-state index in [9.17, 15) is 24.1 Å².